The largest absolute Gasteiger partial charge is 0.386 e. The SMILES string of the molecule is CCN(C)C(=O)N1CCN(C(C)C(=N)N)CC1. The van der Waals surface area contributed by atoms with Crippen LogP contribution in [0.15, 0.2) is 0 Å². The molecule has 0 bridgehead atoms. The van der Waals surface area contributed by atoms with Crippen LogP contribution in [0.5, 0.6) is 0 Å². The van der Waals surface area contributed by atoms with Gasteiger partial charge in [-0.2, -0.15) is 0 Å². The maximum Gasteiger partial charge on any atom is 0.319 e. The number of nitrogens with two attached hydrogens (primary N) is 1. The Bertz CT molecular complexity index is 286. The molecule has 1 fully saturated rings. The topological polar surface area (TPSA) is 76.7 Å². The van der Waals surface area contributed by atoms with Crippen LogP contribution in [0, 0.1) is 5.41 Å². The standard InChI is InChI=1S/C11H23N5O/c1-4-14(3)11(17)16-7-5-15(6-8-16)9(2)10(12)13/h9H,4-8H2,1-3H3,(H3,12,13). The van der Waals surface area contributed by atoms with Crippen LogP contribution in [0.3, 0.4) is 0 Å². The lowest BCUT2D eigenvalue weighted by atomic mass is 10.2. The Morgan fingerprint density at radius 3 is 2.35 bits per heavy atom. The van der Waals surface area contributed by atoms with Crippen LogP contribution in [-0.2, 0) is 0 Å². The van der Waals surface area contributed by atoms with Gasteiger partial charge in [0, 0.05) is 39.8 Å². The number of piperazine rings is 1. The van der Waals surface area contributed by atoms with E-state index in [1.165, 1.54) is 0 Å². The van der Waals surface area contributed by atoms with Crippen molar-refractivity contribution in [2.24, 2.45) is 5.73 Å². The van der Waals surface area contributed by atoms with Gasteiger partial charge in [0.15, 0.2) is 0 Å². The minimum absolute atomic E-state index is 0.0313. The molecular weight excluding hydrogens is 218 g/mol. The minimum atomic E-state index is -0.0313. The van der Waals surface area contributed by atoms with Gasteiger partial charge in [-0.15, -0.1) is 0 Å². The summed E-state index contributed by atoms with van der Waals surface area (Å²) in [4.78, 5) is 17.6. The summed E-state index contributed by atoms with van der Waals surface area (Å²) in [5, 5.41) is 7.42. The number of carbonyl (C=O) groups excluding carboxylic acids is 1. The molecule has 1 rings (SSSR count). The molecule has 1 unspecified atom stereocenters. The Kier molecular flexibility index (Phi) is 4.74. The van der Waals surface area contributed by atoms with E-state index in [4.69, 9.17) is 11.1 Å². The van der Waals surface area contributed by atoms with Crippen LogP contribution in [-0.4, -0.2) is 72.4 Å². The zero-order chi connectivity index (χ0) is 13.0. The van der Waals surface area contributed by atoms with E-state index in [-0.39, 0.29) is 17.9 Å². The zero-order valence-electron chi connectivity index (χ0n) is 10.9. The highest BCUT2D eigenvalue weighted by Gasteiger charge is 2.26. The van der Waals surface area contributed by atoms with Crippen LogP contribution >= 0.6 is 0 Å². The van der Waals surface area contributed by atoms with E-state index in [9.17, 15) is 4.79 Å². The van der Waals surface area contributed by atoms with Crippen molar-refractivity contribution in [1.82, 2.24) is 14.7 Å². The van der Waals surface area contributed by atoms with Gasteiger partial charge in [-0.25, -0.2) is 4.79 Å². The molecule has 1 heterocycles. The fourth-order valence-electron chi connectivity index (χ4n) is 1.87. The molecular formula is C11H23N5O. The van der Waals surface area contributed by atoms with Gasteiger partial charge in [-0.1, -0.05) is 0 Å². The van der Waals surface area contributed by atoms with Crippen LogP contribution < -0.4 is 5.73 Å². The third-order valence-corrected chi connectivity index (χ3v) is 3.38. The first-order chi connectivity index (χ1) is 7.97. The lowest BCUT2D eigenvalue weighted by molar-refractivity contribution is 0.113. The fraction of sp³-hybridized carbons (Fsp3) is 0.818. The van der Waals surface area contributed by atoms with Crippen LogP contribution in [0.4, 0.5) is 4.79 Å². The molecule has 0 spiro atoms. The second-order valence-electron chi connectivity index (χ2n) is 4.45. The van der Waals surface area contributed by atoms with Crippen LogP contribution in [0.25, 0.3) is 0 Å². The molecule has 2 amide bonds. The number of hydrogen-bond donors (Lipinski definition) is 2. The number of hydrogen-bond acceptors (Lipinski definition) is 3. The highest BCUT2D eigenvalue weighted by molar-refractivity contribution is 5.82. The van der Waals surface area contributed by atoms with E-state index in [2.05, 4.69) is 4.90 Å². The second-order valence-corrected chi connectivity index (χ2v) is 4.45. The van der Waals surface area contributed by atoms with Crippen molar-refractivity contribution in [3.05, 3.63) is 0 Å². The van der Waals surface area contributed by atoms with Gasteiger partial charge in [0.2, 0.25) is 0 Å². The van der Waals surface area contributed by atoms with E-state index in [1.54, 1.807) is 4.90 Å². The van der Waals surface area contributed by atoms with Gasteiger partial charge in [0.25, 0.3) is 0 Å². The van der Waals surface area contributed by atoms with Gasteiger partial charge in [0.05, 0.1) is 6.04 Å². The van der Waals surface area contributed by atoms with Crippen molar-refractivity contribution >= 4 is 11.9 Å². The van der Waals surface area contributed by atoms with Gasteiger partial charge >= 0.3 is 6.03 Å². The first kappa shape index (κ1) is 13.8. The zero-order valence-corrected chi connectivity index (χ0v) is 10.9. The molecule has 0 aliphatic carbocycles. The van der Waals surface area contributed by atoms with Gasteiger partial charge < -0.3 is 15.5 Å². The highest BCUT2D eigenvalue weighted by atomic mass is 16.2. The van der Waals surface area contributed by atoms with Crippen molar-refractivity contribution in [2.75, 3.05) is 39.8 Å². The number of nitrogens with one attached hydrogen (secondary N) is 1. The number of rotatable bonds is 3. The number of amides is 2. The first-order valence-electron chi connectivity index (χ1n) is 6.05. The third-order valence-electron chi connectivity index (χ3n) is 3.38. The highest BCUT2D eigenvalue weighted by Crippen LogP contribution is 2.08. The molecule has 6 nitrogen and oxygen atoms in total. The summed E-state index contributed by atoms with van der Waals surface area (Å²) in [6, 6.07) is 0.0544. The molecule has 17 heavy (non-hydrogen) atoms. The Morgan fingerprint density at radius 1 is 1.41 bits per heavy atom. The van der Waals surface area contributed by atoms with E-state index >= 15 is 0 Å². The monoisotopic (exact) mass is 241 g/mol. The van der Waals surface area contributed by atoms with E-state index in [0.29, 0.717) is 13.1 Å². The summed E-state index contributed by atoms with van der Waals surface area (Å²) < 4.78 is 0. The molecule has 0 radical (unpaired) electrons. The number of amidine groups is 1. The second kappa shape index (κ2) is 5.86. The van der Waals surface area contributed by atoms with E-state index in [0.717, 1.165) is 19.6 Å². The lowest BCUT2D eigenvalue weighted by Crippen LogP contribution is -2.56. The number of nitrogens with zero attached hydrogens (tertiary/aromatic N) is 3. The predicted molar refractivity (Wildman–Crippen MR) is 68.2 cm³/mol. The summed E-state index contributed by atoms with van der Waals surface area (Å²) in [6.45, 7) is 7.60. The van der Waals surface area contributed by atoms with Crippen molar-refractivity contribution < 1.29 is 4.79 Å². The summed E-state index contributed by atoms with van der Waals surface area (Å²) >= 11 is 0. The summed E-state index contributed by atoms with van der Waals surface area (Å²) in [6.07, 6.45) is 0. The molecule has 6 heteroatoms. The molecule has 0 aromatic carbocycles. The Labute approximate surface area is 103 Å². The molecule has 1 atom stereocenters. The minimum Gasteiger partial charge on any atom is -0.386 e. The fourth-order valence-corrected chi connectivity index (χ4v) is 1.87. The molecule has 0 saturated carbocycles. The molecule has 0 aromatic heterocycles. The summed E-state index contributed by atoms with van der Waals surface area (Å²) in [7, 11) is 1.81. The average Bonchev–Trinajstić information content (AvgIpc) is 2.36. The van der Waals surface area contributed by atoms with E-state index in [1.807, 2.05) is 25.8 Å². The van der Waals surface area contributed by atoms with Gasteiger partial charge in [-0.3, -0.25) is 10.3 Å². The summed E-state index contributed by atoms with van der Waals surface area (Å²) in [5.74, 6) is 0.190. The van der Waals surface area contributed by atoms with Crippen molar-refractivity contribution in [2.45, 2.75) is 19.9 Å². The maximum atomic E-state index is 11.9. The predicted octanol–water partition coefficient (Wildman–Crippen LogP) is 0.000170. The quantitative estimate of drug-likeness (QED) is 0.539. The van der Waals surface area contributed by atoms with Gasteiger partial charge in [0.1, 0.15) is 5.84 Å². The smallest absolute Gasteiger partial charge is 0.319 e. The number of carbonyl (C=O) groups is 1. The van der Waals surface area contributed by atoms with Crippen molar-refractivity contribution in [1.29, 1.82) is 5.41 Å². The van der Waals surface area contributed by atoms with Crippen LogP contribution in [0.2, 0.25) is 0 Å². The Hall–Kier alpha value is -1.30. The molecule has 0 aromatic rings. The lowest BCUT2D eigenvalue weighted by Gasteiger charge is -2.38. The Morgan fingerprint density at radius 2 is 1.94 bits per heavy atom. The van der Waals surface area contributed by atoms with E-state index < -0.39 is 0 Å². The molecule has 98 valence electrons. The molecule has 1 saturated heterocycles. The van der Waals surface area contributed by atoms with Gasteiger partial charge in [-0.05, 0) is 13.8 Å². The van der Waals surface area contributed by atoms with Crippen LogP contribution in [0.1, 0.15) is 13.8 Å². The first-order valence-corrected chi connectivity index (χ1v) is 6.05. The molecule has 1 aliphatic heterocycles. The summed E-state index contributed by atoms with van der Waals surface area (Å²) in [5.41, 5.74) is 5.48. The van der Waals surface area contributed by atoms with Crippen molar-refractivity contribution in [3.8, 4) is 0 Å². The third kappa shape index (κ3) is 3.33. The molecule has 3 N–H and O–H groups in total. The normalized spacial score (nSPS) is 18.9. The Balaban J connectivity index is 2.45. The average molecular weight is 241 g/mol. The van der Waals surface area contributed by atoms with Crippen molar-refractivity contribution in [3.63, 3.8) is 0 Å². The molecule has 1 aliphatic rings. The number of urea groups is 1. The maximum absolute atomic E-state index is 11.9.